The number of Topliss-reactive ketones (excluding diaryl/α,β-unsaturated/α-hetero) is 2. The highest BCUT2D eigenvalue weighted by Crippen LogP contribution is 2.31. The maximum atomic E-state index is 12.3. The predicted molar refractivity (Wildman–Crippen MR) is 95.6 cm³/mol. The highest BCUT2D eigenvalue weighted by atomic mass is 16.4. The molecule has 1 aromatic carbocycles. The zero-order valence-corrected chi connectivity index (χ0v) is 14.7. The summed E-state index contributed by atoms with van der Waals surface area (Å²) in [6, 6.07) is 9.32. The summed E-state index contributed by atoms with van der Waals surface area (Å²) in [5.41, 5.74) is 0.931. The maximum absolute atomic E-state index is 12.3. The molecule has 1 fully saturated rings. The van der Waals surface area contributed by atoms with Gasteiger partial charge in [0.25, 0.3) is 0 Å². The average Bonchev–Trinajstić information content (AvgIpc) is 2.68. The molecule has 0 amide bonds. The second-order valence-electron chi connectivity index (χ2n) is 6.63. The minimum atomic E-state index is -1.73. The average molecular weight is 379 g/mol. The Kier molecular flexibility index (Phi) is 7.64. The van der Waals surface area contributed by atoms with Crippen molar-refractivity contribution in [3.63, 3.8) is 0 Å². The fraction of sp³-hybridized carbons (Fsp3) is 0.474. The van der Waals surface area contributed by atoms with Crippen molar-refractivity contribution in [1.29, 1.82) is 0 Å². The summed E-state index contributed by atoms with van der Waals surface area (Å²) in [6.07, 6.45) is -4.90. The second kappa shape index (κ2) is 9.72. The highest BCUT2D eigenvalue weighted by Gasteiger charge is 2.32. The molecule has 8 nitrogen and oxygen atoms in total. The van der Waals surface area contributed by atoms with Crippen LogP contribution in [0.3, 0.4) is 0 Å². The molecule has 2 rings (SSSR count). The Balaban J connectivity index is 1.92. The molecule has 8 heteroatoms. The number of nitrogens with one attached hydrogen (secondary N) is 1. The van der Waals surface area contributed by atoms with Crippen molar-refractivity contribution in [3.05, 3.63) is 47.7 Å². The Bertz CT molecular complexity index is 656. The lowest BCUT2D eigenvalue weighted by Crippen LogP contribution is -2.48. The molecule has 4 unspecified atom stereocenters. The summed E-state index contributed by atoms with van der Waals surface area (Å²) in [5.74, 6) is -0.775. The van der Waals surface area contributed by atoms with Gasteiger partial charge in [-0.1, -0.05) is 30.3 Å². The standard InChI is InChI=1S/C19H25NO7/c21-10-17(25)19(27)18(26)16(24)9-20-8-13-14(22)6-12(7-15(13)23)11-4-2-1-3-5-11/h1-5,8,12,16-21,24-27H,6-7,9-10H2. The molecule has 0 aromatic heterocycles. The third-order valence-corrected chi connectivity index (χ3v) is 4.63. The van der Waals surface area contributed by atoms with Crippen LogP contribution < -0.4 is 5.32 Å². The van der Waals surface area contributed by atoms with Crippen molar-refractivity contribution < 1.29 is 35.1 Å². The maximum Gasteiger partial charge on any atom is 0.168 e. The van der Waals surface area contributed by atoms with E-state index in [-0.39, 0.29) is 42.4 Å². The molecular weight excluding hydrogens is 354 g/mol. The van der Waals surface area contributed by atoms with E-state index in [9.17, 15) is 30.0 Å². The molecule has 1 saturated carbocycles. The number of carbonyl (C=O) groups is 2. The number of hydrogen-bond donors (Lipinski definition) is 6. The summed E-state index contributed by atoms with van der Waals surface area (Å²) >= 11 is 0. The predicted octanol–water partition coefficient (Wildman–Crippen LogP) is -1.39. The number of aliphatic hydroxyl groups is 5. The van der Waals surface area contributed by atoms with Crippen LogP contribution in [0.5, 0.6) is 0 Å². The lowest BCUT2D eigenvalue weighted by atomic mass is 9.80. The van der Waals surface area contributed by atoms with Crippen LogP contribution in [0.4, 0.5) is 0 Å². The van der Waals surface area contributed by atoms with Crippen LogP contribution in [0.15, 0.2) is 42.1 Å². The van der Waals surface area contributed by atoms with Crippen LogP contribution in [0.25, 0.3) is 0 Å². The van der Waals surface area contributed by atoms with Gasteiger partial charge in [-0.2, -0.15) is 0 Å². The van der Waals surface area contributed by atoms with E-state index in [1.165, 1.54) is 6.20 Å². The number of aliphatic hydroxyl groups excluding tert-OH is 5. The van der Waals surface area contributed by atoms with E-state index in [1.807, 2.05) is 30.3 Å². The molecule has 1 aliphatic rings. The fourth-order valence-corrected chi connectivity index (χ4v) is 2.98. The molecule has 0 radical (unpaired) electrons. The first-order valence-electron chi connectivity index (χ1n) is 8.73. The molecule has 1 aromatic rings. The Morgan fingerprint density at radius 3 is 2.07 bits per heavy atom. The van der Waals surface area contributed by atoms with Crippen LogP contribution in [0.2, 0.25) is 0 Å². The van der Waals surface area contributed by atoms with Crippen LogP contribution in [0, 0.1) is 0 Å². The van der Waals surface area contributed by atoms with E-state index in [1.54, 1.807) is 0 Å². The van der Waals surface area contributed by atoms with E-state index in [2.05, 4.69) is 5.32 Å². The van der Waals surface area contributed by atoms with Crippen molar-refractivity contribution in [2.24, 2.45) is 0 Å². The lowest BCUT2D eigenvalue weighted by molar-refractivity contribution is -0.124. The molecule has 0 aliphatic heterocycles. The molecular formula is C19H25NO7. The van der Waals surface area contributed by atoms with Gasteiger partial charge in [0.15, 0.2) is 11.6 Å². The zero-order chi connectivity index (χ0) is 20.0. The van der Waals surface area contributed by atoms with Gasteiger partial charge in [0, 0.05) is 25.6 Å². The van der Waals surface area contributed by atoms with Gasteiger partial charge < -0.3 is 30.8 Å². The molecule has 4 atom stereocenters. The number of benzene rings is 1. The number of carbonyl (C=O) groups excluding carboxylic acids is 2. The van der Waals surface area contributed by atoms with E-state index in [0.717, 1.165) is 5.56 Å². The van der Waals surface area contributed by atoms with E-state index < -0.39 is 31.0 Å². The monoisotopic (exact) mass is 379 g/mol. The first-order valence-corrected chi connectivity index (χ1v) is 8.73. The third-order valence-electron chi connectivity index (χ3n) is 4.63. The van der Waals surface area contributed by atoms with Gasteiger partial charge in [0.2, 0.25) is 0 Å². The zero-order valence-electron chi connectivity index (χ0n) is 14.7. The largest absolute Gasteiger partial charge is 0.394 e. The Morgan fingerprint density at radius 2 is 1.52 bits per heavy atom. The number of rotatable bonds is 8. The van der Waals surface area contributed by atoms with Crippen molar-refractivity contribution in [2.45, 2.75) is 43.2 Å². The molecule has 6 N–H and O–H groups in total. The van der Waals surface area contributed by atoms with Crippen LogP contribution >= 0.6 is 0 Å². The minimum Gasteiger partial charge on any atom is -0.394 e. The first-order chi connectivity index (χ1) is 12.8. The minimum absolute atomic E-state index is 0.000174. The summed E-state index contributed by atoms with van der Waals surface area (Å²) in [7, 11) is 0. The number of hydrogen-bond acceptors (Lipinski definition) is 8. The molecule has 0 heterocycles. The molecule has 0 bridgehead atoms. The van der Waals surface area contributed by atoms with Gasteiger partial charge in [-0.05, 0) is 11.5 Å². The molecule has 1 aliphatic carbocycles. The quantitative estimate of drug-likeness (QED) is 0.239. The summed E-state index contributed by atoms with van der Waals surface area (Å²) in [6.45, 7) is -1.03. The van der Waals surface area contributed by atoms with Gasteiger partial charge in [-0.25, -0.2) is 0 Å². The Morgan fingerprint density at radius 1 is 0.963 bits per heavy atom. The normalized spacial score (nSPS) is 22.1. The molecule has 0 spiro atoms. The lowest BCUT2D eigenvalue weighted by Gasteiger charge is -2.26. The number of ketones is 2. The highest BCUT2D eigenvalue weighted by molar-refractivity contribution is 6.22. The third kappa shape index (κ3) is 5.44. The topological polar surface area (TPSA) is 147 Å². The van der Waals surface area contributed by atoms with Gasteiger partial charge >= 0.3 is 0 Å². The summed E-state index contributed by atoms with van der Waals surface area (Å²) < 4.78 is 0. The number of allylic oxidation sites excluding steroid dienone is 1. The Hall–Kier alpha value is -2.10. The van der Waals surface area contributed by atoms with Crippen molar-refractivity contribution in [1.82, 2.24) is 5.32 Å². The summed E-state index contributed by atoms with van der Waals surface area (Å²) in [4.78, 5) is 24.6. The van der Waals surface area contributed by atoms with Gasteiger partial charge in [0.05, 0.1) is 18.3 Å². The fourth-order valence-electron chi connectivity index (χ4n) is 2.98. The first kappa shape index (κ1) is 21.2. The SMILES string of the molecule is O=C1CC(c2ccccc2)CC(=O)C1=CNCC(O)C(O)C(O)C(O)CO. The van der Waals surface area contributed by atoms with Gasteiger partial charge in [-0.3, -0.25) is 9.59 Å². The van der Waals surface area contributed by atoms with E-state index in [0.29, 0.717) is 0 Å². The van der Waals surface area contributed by atoms with Crippen molar-refractivity contribution in [2.75, 3.05) is 13.2 Å². The molecule has 27 heavy (non-hydrogen) atoms. The Labute approximate surface area is 156 Å². The van der Waals surface area contributed by atoms with Gasteiger partial charge in [0.1, 0.15) is 18.3 Å². The second-order valence-corrected chi connectivity index (χ2v) is 6.63. The van der Waals surface area contributed by atoms with Crippen molar-refractivity contribution >= 4 is 11.6 Å². The van der Waals surface area contributed by atoms with Crippen molar-refractivity contribution in [3.8, 4) is 0 Å². The van der Waals surface area contributed by atoms with Gasteiger partial charge in [-0.15, -0.1) is 0 Å². The van der Waals surface area contributed by atoms with E-state index >= 15 is 0 Å². The summed E-state index contributed by atoms with van der Waals surface area (Å²) in [5, 5.41) is 49.7. The smallest absolute Gasteiger partial charge is 0.168 e. The van der Waals surface area contributed by atoms with Crippen LogP contribution in [-0.4, -0.2) is 74.7 Å². The molecule has 0 saturated heterocycles. The van der Waals surface area contributed by atoms with E-state index in [4.69, 9.17) is 5.11 Å². The molecule has 148 valence electrons. The van der Waals surface area contributed by atoms with Crippen LogP contribution in [-0.2, 0) is 9.59 Å². The van der Waals surface area contributed by atoms with Crippen LogP contribution in [0.1, 0.15) is 24.3 Å².